The minimum atomic E-state index is -1.91. The first-order chi connectivity index (χ1) is 16.3. The molecule has 0 saturated heterocycles. The van der Waals surface area contributed by atoms with Crippen LogP contribution in [0.3, 0.4) is 0 Å². The van der Waals surface area contributed by atoms with Crippen molar-refractivity contribution >= 4 is 23.5 Å². The van der Waals surface area contributed by atoms with E-state index in [0.717, 1.165) is 22.3 Å². The lowest BCUT2D eigenvalue weighted by molar-refractivity contribution is -0.140. The minimum absolute atomic E-state index is 0.175. The zero-order chi connectivity index (χ0) is 23.9. The maximum Gasteiger partial charge on any atom is 0.264 e. The lowest BCUT2D eigenvalue weighted by atomic mass is 9.89. The van der Waals surface area contributed by atoms with Gasteiger partial charge in [0.05, 0.1) is 18.7 Å². The highest BCUT2D eigenvalue weighted by atomic mass is 16.7. The fourth-order valence-corrected chi connectivity index (χ4v) is 4.49. The third-order valence-electron chi connectivity index (χ3n) is 6.36. The van der Waals surface area contributed by atoms with Crippen molar-refractivity contribution < 1.29 is 24.2 Å². The van der Waals surface area contributed by atoms with Crippen molar-refractivity contribution in [2.75, 3.05) is 11.7 Å². The Labute approximate surface area is 198 Å². The largest absolute Gasteiger partial charge is 0.454 e. The molecule has 34 heavy (non-hydrogen) atoms. The molecule has 6 nitrogen and oxygen atoms in total. The van der Waals surface area contributed by atoms with E-state index in [4.69, 9.17) is 9.47 Å². The Bertz CT molecular complexity index is 1330. The van der Waals surface area contributed by atoms with Gasteiger partial charge in [0.15, 0.2) is 22.9 Å². The molecule has 6 heteroatoms. The lowest BCUT2D eigenvalue weighted by Crippen LogP contribution is -2.41. The second-order valence-electron chi connectivity index (χ2n) is 8.79. The number of amides is 1. The van der Waals surface area contributed by atoms with E-state index in [1.54, 1.807) is 35.2 Å². The number of hydrogen-bond donors (Lipinski definition) is 1. The Balaban J connectivity index is 1.39. The van der Waals surface area contributed by atoms with Gasteiger partial charge >= 0.3 is 0 Å². The molecule has 0 spiro atoms. The van der Waals surface area contributed by atoms with Gasteiger partial charge in [-0.3, -0.25) is 9.59 Å². The summed E-state index contributed by atoms with van der Waals surface area (Å²) in [5.41, 5.74) is 3.10. The highest BCUT2D eigenvalue weighted by Crippen LogP contribution is 2.43. The minimum Gasteiger partial charge on any atom is -0.454 e. The van der Waals surface area contributed by atoms with Crippen LogP contribution in [0.25, 0.3) is 6.08 Å². The first kappa shape index (κ1) is 21.9. The number of nitrogens with zero attached hydrogens (tertiary/aromatic N) is 1. The summed E-state index contributed by atoms with van der Waals surface area (Å²) in [6, 6.07) is 18.6. The molecular weight excluding hydrogens is 430 g/mol. The molecule has 1 atom stereocenters. The Hall–Kier alpha value is -3.90. The molecule has 0 aromatic heterocycles. The zero-order valence-corrected chi connectivity index (χ0v) is 19.1. The third-order valence-corrected chi connectivity index (χ3v) is 6.36. The van der Waals surface area contributed by atoms with Crippen molar-refractivity contribution in [1.29, 1.82) is 0 Å². The summed E-state index contributed by atoms with van der Waals surface area (Å²) in [5.74, 6) is 0.446. The van der Waals surface area contributed by atoms with Gasteiger partial charge in [0.1, 0.15) is 0 Å². The molecule has 5 rings (SSSR count). The van der Waals surface area contributed by atoms with Gasteiger partial charge < -0.3 is 19.5 Å². The van der Waals surface area contributed by atoms with Crippen molar-refractivity contribution in [2.24, 2.45) is 0 Å². The molecule has 2 aliphatic heterocycles. The lowest BCUT2D eigenvalue weighted by Gasteiger charge is -2.23. The number of para-hydroxylation sites is 1. The molecule has 3 aromatic rings. The van der Waals surface area contributed by atoms with Crippen LogP contribution in [-0.2, 0) is 21.7 Å². The number of carbonyl (C=O) groups is 2. The molecular formula is C28H25NO5. The van der Waals surface area contributed by atoms with Crippen LogP contribution in [0.4, 0.5) is 5.69 Å². The molecule has 0 saturated carbocycles. The van der Waals surface area contributed by atoms with E-state index >= 15 is 0 Å². The summed E-state index contributed by atoms with van der Waals surface area (Å²) in [7, 11) is 0. The van der Waals surface area contributed by atoms with Crippen molar-refractivity contribution in [3.05, 3.63) is 94.6 Å². The number of ketones is 1. The van der Waals surface area contributed by atoms with Gasteiger partial charge in [-0.05, 0) is 54.8 Å². The summed E-state index contributed by atoms with van der Waals surface area (Å²) in [6.07, 6.45) is 2.69. The van der Waals surface area contributed by atoms with Crippen LogP contribution in [0, 0.1) is 13.8 Å². The number of anilines is 1. The second-order valence-corrected chi connectivity index (χ2v) is 8.79. The molecule has 0 radical (unpaired) electrons. The van der Waals surface area contributed by atoms with Crippen LogP contribution < -0.4 is 14.4 Å². The van der Waals surface area contributed by atoms with E-state index in [0.29, 0.717) is 29.3 Å². The molecule has 3 aromatic carbocycles. The molecule has 0 aliphatic carbocycles. The number of carbonyl (C=O) groups excluding carboxylic acids is 2. The van der Waals surface area contributed by atoms with Gasteiger partial charge in [-0.25, -0.2) is 0 Å². The summed E-state index contributed by atoms with van der Waals surface area (Å²) >= 11 is 0. The molecule has 0 fully saturated rings. The maximum atomic E-state index is 13.5. The van der Waals surface area contributed by atoms with Crippen molar-refractivity contribution in [2.45, 2.75) is 32.4 Å². The Kier molecular flexibility index (Phi) is 5.46. The van der Waals surface area contributed by atoms with Gasteiger partial charge in [-0.15, -0.1) is 0 Å². The molecule has 172 valence electrons. The number of aliphatic hydroxyl groups is 1. The van der Waals surface area contributed by atoms with Crippen LogP contribution in [0.2, 0.25) is 0 Å². The third kappa shape index (κ3) is 3.86. The molecule has 0 bridgehead atoms. The smallest absolute Gasteiger partial charge is 0.264 e. The van der Waals surface area contributed by atoms with Crippen LogP contribution in [0.15, 0.2) is 66.7 Å². The summed E-state index contributed by atoms with van der Waals surface area (Å²) in [4.78, 5) is 27.9. The number of aryl methyl sites for hydroxylation is 2. The molecule has 2 heterocycles. The fourth-order valence-electron chi connectivity index (χ4n) is 4.49. The van der Waals surface area contributed by atoms with E-state index in [2.05, 4.69) is 0 Å². The number of rotatable bonds is 6. The highest BCUT2D eigenvalue weighted by molar-refractivity contribution is 6.10. The first-order valence-corrected chi connectivity index (χ1v) is 11.2. The first-order valence-electron chi connectivity index (χ1n) is 11.2. The van der Waals surface area contributed by atoms with E-state index in [1.165, 1.54) is 6.08 Å². The standard InChI is InChI=1S/C28H25NO5/c1-18-7-8-19(2)21(13-18)16-29-24-6-4-3-5-23(24)28(32,27(29)31)15-22(30)11-9-20-10-12-25-26(14-20)34-17-33-25/h3-14,32H,15-17H2,1-2H3/b11-9+/t28-/m1/s1. The Morgan fingerprint density at radius 3 is 2.71 bits per heavy atom. The van der Waals surface area contributed by atoms with Crippen LogP contribution >= 0.6 is 0 Å². The van der Waals surface area contributed by atoms with Crippen molar-refractivity contribution in [1.82, 2.24) is 0 Å². The van der Waals surface area contributed by atoms with E-state index in [-0.39, 0.29) is 19.0 Å². The summed E-state index contributed by atoms with van der Waals surface area (Å²) in [6.45, 7) is 4.50. The van der Waals surface area contributed by atoms with Gasteiger partial charge in [0.2, 0.25) is 6.79 Å². The predicted octanol–water partition coefficient (Wildman–Crippen LogP) is 4.44. The quantitative estimate of drug-likeness (QED) is 0.556. The van der Waals surface area contributed by atoms with E-state index < -0.39 is 11.5 Å². The van der Waals surface area contributed by atoms with E-state index in [9.17, 15) is 14.7 Å². The number of fused-ring (bicyclic) bond motifs is 2. The fraction of sp³-hybridized carbons (Fsp3) is 0.214. The van der Waals surface area contributed by atoms with Crippen molar-refractivity contribution in [3.63, 3.8) is 0 Å². The average molecular weight is 456 g/mol. The number of allylic oxidation sites excluding steroid dienone is 1. The zero-order valence-electron chi connectivity index (χ0n) is 19.1. The highest BCUT2D eigenvalue weighted by Gasteiger charge is 2.50. The van der Waals surface area contributed by atoms with Gasteiger partial charge in [0.25, 0.3) is 5.91 Å². The van der Waals surface area contributed by atoms with Crippen LogP contribution in [0.1, 0.15) is 34.2 Å². The van der Waals surface area contributed by atoms with Crippen molar-refractivity contribution in [3.8, 4) is 11.5 Å². The average Bonchev–Trinajstić information content (AvgIpc) is 3.37. The van der Waals surface area contributed by atoms with E-state index in [1.807, 2.05) is 50.2 Å². The Morgan fingerprint density at radius 1 is 1.06 bits per heavy atom. The maximum absolute atomic E-state index is 13.5. The van der Waals surface area contributed by atoms with Crippen LogP contribution in [-0.4, -0.2) is 23.6 Å². The predicted molar refractivity (Wildman–Crippen MR) is 129 cm³/mol. The molecule has 1 amide bonds. The topological polar surface area (TPSA) is 76.1 Å². The normalized spacial score (nSPS) is 18.6. The van der Waals surface area contributed by atoms with Gasteiger partial charge in [-0.2, -0.15) is 0 Å². The molecule has 2 aliphatic rings. The van der Waals surface area contributed by atoms with Crippen LogP contribution in [0.5, 0.6) is 11.5 Å². The van der Waals surface area contributed by atoms with Gasteiger partial charge in [0, 0.05) is 5.56 Å². The monoisotopic (exact) mass is 455 g/mol. The summed E-state index contributed by atoms with van der Waals surface area (Å²) in [5, 5.41) is 11.5. The number of benzene rings is 3. The Morgan fingerprint density at radius 2 is 1.85 bits per heavy atom. The summed E-state index contributed by atoms with van der Waals surface area (Å²) < 4.78 is 10.7. The molecule has 0 unspecified atom stereocenters. The second kappa shape index (κ2) is 8.47. The molecule has 1 N–H and O–H groups in total. The van der Waals surface area contributed by atoms with Gasteiger partial charge in [-0.1, -0.05) is 54.1 Å². The SMILES string of the molecule is Cc1ccc(C)c(CN2C(=O)[C@@](O)(CC(=O)/C=C/c3ccc4c(c3)OCO4)c3ccccc32)c1. The number of ether oxygens (including phenoxy) is 2. The number of hydrogen-bond acceptors (Lipinski definition) is 5.